The molecule has 0 aliphatic carbocycles. The topological polar surface area (TPSA) is 100 Å². The van der Waals surface area contributed by atoms with Crippen molar-refractivity contribution in [3.05, 3.63) is 48.0 Å². The van der Waals surface area contributed by atoms with Gasteiger partial charge in [-0.2, -0.15) is 0 Å². The molecule has 2 rings (SSSR count). The fourth-order valence-corrected chi connectivity index (χ4v) is 2.18. The van der Waals surface area contributed by atoms with Crippen LogP contribution in [0.2, 0.25) is 0 Å². The smallest absolute Gasteiger partial charge is 0.338 e. The number of ketones is 1. The zero-order chi connectivity index (χ0) is 20.5. The van der Waals surface area contributed by atoms with Gasteiger partial charge in [0.25, 0.3) is 5.91 Å². The minimum atomic E-state index is -0.655. The molecule has 0 saturated heterocycles. The summed E-state index contributed by atoms with van der Waals surface area (Å²) >= 11 is 0. The molecule has 8 nitrogen and oxygen atoms in total. The number of rotatable bonds is 9. The van der Waals surface area contributed by atoms with Crippen LogP contribution in [-0.2, 0) is 14.3 Å². The predicted molar refractivity (Wildman–Crippen MR) is 101 cm³/mol. The first-order valence-corrected chi connectivity index (χ1v) is 8.34. The number of nitrogens with one attached hydrogen (secondary N) is 1. The first-order chi connectivity index (χ1) is 13.4. The minimum Gasteiger partial charge on any atom is -0.497 e. The van der Waals surface area contributed by atoms with Gasteiger partial charge in [-0.1, -0.05) is 0 Å². The van der Waals surface area contributed by atoms with E-state index in [-0.39, 0.29) is 42.0 Å². The number of carbonyl (C=O) groups is 3. The van der Waals surface area contributed by atoms with Crippen LogP contribution in [0.5, 0.6) is 17.2 Å². The first kappa shape index (κ1) is 20.8. The average Bonchev–Trinajstić information content (AvgIpc) is 2.70. The zero-order valence-electron chi connectivity index (χ0n) is 15.8. The molecule has 0 aromatic heterocycles. The van der Waals surface area contributed by atoms with Crippen molar-refractivity contribution in [3.63, 3.8) is 0 Å². The Kier molecular flexibility index (Phi) is 7.38. The molecule has 0 atom stereocenters. The van der Waals surface area contributed by atoms with E-state index in [0.717, 1.165) is 0 Å². The summed E-state index contributed by atoms with van der Waals surface area (Å²) in [6.07, 6.45) is 0. The summed E-state index contributed by atoms with van der Waals surface area (Å²) in [5, 5.41) is 2.69. The maximum Gasteiger partial charge on any atom is 0.338 e. The lowest BCUT2D eigenvalue weighted by Gasteiger charge is -2.12. The summed E-state index contributed by atoms with van der Waals surface area (Å²) in [6.45, 7) is 0.767. The summed E-state index contributed by atoms with van der Waals surface area (Å²) in [7, 11) is 2.97. The van der Waals surface area contributed by atoms with Crippen LogP contribution in [0.15, 0.2) is 42.5 Å². The fourth-order valence-electron chi connectivity index (χ4n) is 2.18. The van der Waals surface area contributed by atoms with Gasteiger partial charge in [0.15, 0.2) is 23.9 Å². The highest BCUT2D eigenvalue weighted by Crippen LogP contribution is 2.28. The zero-order valence-corrected chi connectivity index (χ0v) is 15.8. The molecule has 8 heteroatoms. The first-order valence-electron chi connectivity index (χ1n) is 8.34. The Morgan fingerprint density at radius 1 is 0.893 bits per heavy atom. The van der Waals surface area contributed by atoms with Crippen molar-refractivity contribution in [1.82, 2.24) is 0 Å². The van der Waals surface area contributed by atoms with Crippen molar-refractivity contribution in [3.8, 4) is 17.2 Å². The molecule has 0 unspecified atom stereocenters. The highest BCUT2D eigenvalue weighted by atomic mass is 16.5. The maximum atomic E-state index is 12.0. The van der Waals surface area contributed by atoms with Crippen molar-refractivity contribution in [2.45, 2.75) is 6.92 Å². The Labute approximate surface area is 162 Å². The van der Waals surface area contributed by atoms with E-state index in [9.17, 15) is 14.4 Å². The summed E-state index contributed by atoms with van der Waals surface area (Å²) < 4.78 is 20.6. The maximum absolute atomic E-state index is 12.0. The number of carbonyl (C=O) groups excluding carboxylic acids is 3. The van der Waals surface area contributed by atoms with Crippen LogP contribution >= 0.6 is 0 Å². The molecule has 0 fully saturated rings. The number of benzene rings is 2. The van der Waals surface area contributed by atoms with E-state index in [1.54, 1.807) is 31.4 Å². The van der Waals surface area contributed by atoms with Crippen LogP contribution in [0.25, 0.3) is 0 Å². The summed E-state index contributed by atoms with van der Waals surface area (Å²) in [4.78, 5) is 34.9. The van der Waals surface area contributed by atoms with Crippen molar-refractivity contribution in [1.29, 1.82) is 0 Å². The molecule has 0 heterocycles. The molecular weight excluding hydrogens is 366 g/mol. The third kappa shape index (κ3) is 6.01. The van der Waals surface area contributed by atoms with Crippen LogP contribution in [0.3, 0.4) is 0 Å². The molecule has 0 aliphatic heterocycles. The fraction of sp³-hybridized carbons (Fsp3) is 0.250. The van der Waals surface area contributed by atoms with Gasteiger partial charge in [0.1, 0.15) is 12.4 Å². The number of amides is 1. The van der Waals surface area contributed by atoms with E-state index in [1.165, 1.54) is 32.2 Å². The number of ether oxygens (including phenoxy) is 4. The van der Waals surface area contributed by atoms with Gasteiger partial charge in [-0.15, -0.1) is 0 Å². The molecule has 0 saturated carbocycles. The molecule has 0 aliphatic rings. The number of anilines is 1. The van der Waals surface area contributed by atoms with Gasteiger partial charge >= 0.3 is 5.97 Å². The van der Waals surface area contributed by atoms with Crippen LogP contribution < -0.4 is 19.5 Å². The van der Waals surface area contributed by atoms with Crippen LogP contribution in [-0.4, -0.2) is 45.1 Å². The second-order valence-electron chi connectivity index (χ2n) is 5.71. The predicted octanol–water partition coefficient (Wildman–Crippen LogP) is 2.47. The standard InChI is InChI=1S/C20H21NO7/c1-13(22)11-28-20(24)14-4-9-17(18(10-14)26-3)27-12-19(23)21-15-5-7-16(25-2)8-6-15/h4-10H,11-12H2,1-3H3,(H,21,23). The molecule has 148 valence electrons. The summed E-state index contributed by atoms with van der Waals surface area (Å²) in [5.74, 6) is -0.0523. The average molecular weight is 387 g/mol. The van der Waals surface area contributed by atoms with Gasteiger partial charge in [-0.05, 0) is 49.4 Å². The van der Waals surface area contributed by atoms with E-state index in [2.05, 4.69) is 5.32 Å². The number of hydrogen-bond donors (Lipinski definition) is 1. The second-order valence-corrected chi connectivity index (χ2v) is 5.71. The molecular formula is C20H21NO7. The SMILES string of the molecule is COc1ccc(NC(=O)COc2ccc(C(=O)OCC(C)=O)cc2OC)cc1. The molecule has 1 amide bonds. The van der Waals surface area contributed by atoms with Gasteiger partial charge < -0.3 is 24.3 Å². The van der Waals surface area contributed by atoms with Crippen LogP contribution in [0.4, 0.5) is 5.69 Å². The number of methoxy groups -OCH3 is 2. The highest BCUT2D eigenvalue weighted by Gasteiger charge is 2.14. The Morgan fingerprint density at radius 2 is 1.61 bits per heavy atom. The highest BCUT2D eigenvalue weighted by molar-refractivity contribution is 5.93. The van der Waals surface area contributed by atoms with E-state index < -0.39 is 5.97 Å². The molecule has 0 bridgehead atoms. The van der Waals surface area contributed by atoms with Gasteiger partial charge in [0.2, 0.25) is 0 Å². The third-order valence-electron chi connectivity index (χ3n) is 3.54. The lowest BCUT2D eigenvalue weighted by Crippen LogP contribution is -2.20. The van der Waals surface area contributed by atoms with E-state index >= 15 is 0 Å². The van der Waals surface area contributed by atoms with Gasteiger partial charge in [-0.3, -0.25) is 9.59 Å². The van der Waals surface area contributed by atoms with E-state index in [1.807, 2.05) is 0 Å². The quantitative estimate of drug-likeness (QED) is 0.660. The van der Waals surface area contributed by atoms with E-state index in [0.29, 0.717) is 11.4 Å². The van der Waals surface area contributed by atoms with E-state index in [4.69, 9.17) is 18.9 Å². The molecule has 2 aromatic carbocycles. The second kappa shape index (κ2) is 9.96. The normalized spacial score (nSPS) is 9.96. The lowest BCUT2D eigenvalue weighted by atomic mass is 10.2. The van der Waals surface area contributed by atoms with Gasteiger partial charge in [-0.25, -0.2) is 4.79 Å². The number of esters is 1. The van der Waals surface area contributed by atoms with Gasteiger partial charge in [0, 0.05) is 5.69 Å². The monoisotopic (exact) mass is 387 g/mol. The molecule has 28 heavy (non-hydrogen) atoms. The third-order valence-corrected chi connectivity index (χ3v) is 3.54. The van der Waals surface area contributed by atoms with Crippen molar-refractivity contribution >= 4 is 23.3 Å². The van der Waals surface area contributed by atoms with Crippen LogP contribution in [0, 0.1) is 0 Å². The van der Waals surface area contributed by atoms with Gasteiger partial charge in [0.05, 0.1) is 19.8 Å². The number of Topliss-reactive ketones (excluding diaryl/α,β-unsaturated/α-hetero) is 1. The Balaban J connectivity index is 1.96. The minimum absolute atomic E-state index is 0.202. The Morgan fingerprint density at radius 3 is 2.21 bits per heavy atom. The van der Waals surface area contributed by atoms with Crippen molar-refractivity contribution in [2.75, 3.05) is 32.8 Å². The Hall–Kier alpha value is -3.55. The summed E-state index contributed by atoms with van der Waals surface area (Å²) in [6, 6.07) is 11.2. The Bertz CT molecular complexity index is 846. The molecule has 2 aromatic rings. The largest absolute Gasteiger partial charge is 0.497 e. The summed E-state index contributed by atoms with van der Waals surface area (Å²) in [5.41, 5.74) is 0.804. The van der Waals surface area contributed by atoms with Crippen molar-refractivity contribution in [2.24, 2.45) is 0 Å². The molecule has 0 radical (unpaired) electrons. The molecule has 1 N–H and O–H groups in total. The van der Waals surface area contributed by atoms with Crippen LogP contribution in [0.1, 0.15) is 17.3 Å². The van der Waals surface area contributed by atoms with Crippen molar-refractivity contribution < 1.29 is 33.3 Å². The number of hydrogen-bond acceptors (Lipinski definition) is 7. The lowest BCUT2D eigenvalue weighted by molar-refractivity contribution is -0.120. The molecule has 0 spiro atoms.